The summed E-state index contributed by atoms with van der Waals surface area (Å²) in [5.74, 6) is -0.0852. The number of aromatic nitrogens is 4. The molecule has 2 aromatic carbocycles. The van der Waals surface area contributed by atoms with Crippen LogP contribution in [0.3, 0.4) is 0 Å². The Morgan fingerprint density at radius 1 is 1.12 bits per heavy atom. The van der Waals surface area contributed by atoms with Crippen LogP contribution in [0, 0.1) is 0 Å². The van der Waals surface area contributed by atoms with Crippen molar-refractivity contribution in [3.8, 4) is 28.6 Å². The summed E-state index contributed by atoms with van der Waals surface area (Å²) in [6.07, 6.45) is 1.75. The molecule has 4 aromatic rings. The smallest absolute Gasteiger partial charge is 0.469 e. The molecule has 2 heterocycles. The molecule has 0 aliphatic heterocycles. The van der Waals surface area contributed by atoms with Gasteiger partial charge in [-0.05, 0) is 41.8 Å². The molecule has 33 heavy (non-hydrogen) atoms. The van der Waals surface area contributed by atoms with Crippen LogP contribution in [0.5, 0.6) is 11.5 Å². The lowest BCUT2D eigenvalue weighted by Gasteiger charge is -2.13. The summed E-state index contributed by atoms with van der Waals surface area (Å²) in [5, 5.41) is 27.9. The summed E-state index contributed by atoms with van der Waals surface area (Å²) in [7, 11) is -4.54. The number of phosphoric ester groups is 1. The minimum atomic E-state index is -4.54. The number of hydrogen-bond acceptors (Lipinski definition) is 6. The van der Waals surface area contributed by atoms with E-state index in [9.17, 15) is 19.6 Å². The van der Waals surface area contributed by atoms with Crippen molar-refractivity contribution in [3.05, 3.63) is 58.6 Å². The van der Waals surface area contributed by atoms with Gasteiger partial charge >= 0.3 is 13.5 Å². The van der Waals surface area contributed by atoms with Gasteiger partial charge in [-0.25, -0.2) is 19.0 Å². The largest absolute Gasteiger partial charge is 0.508 e. The number of aromatic hydroxyl groups is 2. The molecular weight excluding hydrogens is 451 g/mol. The van der Waals surface area contributed by atoms with Crippen LogP contribution < -0.4 is 5.69 Å². The van der Waals surface area contributed by atoms with Crippen LogP contribution in [-0.4, -0.2) is 45.9 Å². The van der Waals surface area contributed by atoms with Crippen LogP contribution >= 0.6 is 7.82 Å². The molecule has 12 heteroatoms. The molecule has 2 aromatic heterocycles. The number of hydrogen-bond donors (Lipinski definition) is 5. The SMILES string of the molecule is CC(C)c1cc(-c2n[nH]c(=O)n2-c2ccc3c(ccn3CCOP(=O)(O)O)c2)c(O)cc1O. The van der Waals surface area contributed by atoms with Gasteiger partial charge in [0.25, 0.3) is 0 Å². The van der Waals surface area contributed by atoms with Gasteiger partial charge in [0.05, 0.1) is 17.9 Å². The molecule has 0 saturated carbocycles. The van der Waals surface area contributed by atoms with Gasteiger partial charge in [-0.15, -0.1) is 0 Å². The van der Waals surface area contributed by atoms with Crippen molar-refractivity contribution >= 4 is 18.7 Å². The highest BCUT2D eigenvalue weighted by atomic mass is 31.2. The lowest BCUT2D eigenvalue weighted by atomic mass is 9.98. The zero-order chi connectivity index (χ0) is 23.9. The second kappa shape index (κ2) is 8.53. The van der Waals surface area contributed by atoms with Crippen molar-refractivity contribution in [1.29, 1.82) is 0 Å². The maximum atomic E-state index is 12.6. The highest BCUT2D eigenvalue weighted by molar-refractivity contribution is 7.46. The molecule has 5 N–H and O–H groups in total. The van der Waals surface area contributed by atoms with Gasteiger partial charge in [0.1, 0.15) is 11.5 Å². The van der Waals surface area contributed by atoms with E-state index in [1.54, 1.807) is 41.1 Å². The Labute approximate surface area is 187 Å². The van der Waals surface area contributed by atoms with Crippen molar-refractivity contribution in [2.45, 2.75) is 26.3 Å². The van der Waals surface area contributed by atoms with Crippen LogP contribution in [0.2, 0.25) is 0 Å². The van der Waals surface area contributed by atoms with Crippen molar-refractivity contribution in [2.24, 2.45) is 0 Å². The number of aromatic amines is 1. The first-order chi connectivity index (χ1) is 15.5. The first-order valence-corrected chi connectivity index (χ1v) is 11.6. The average Bonchev–Trinajstić information content (AvgIpc) is 3.30. The summed E-state index contributed by atoms with van der Waals surface area (Å²) in [4.78, 5) is 30.3. The number of nitrogens with zero attached hydrogens (tertiary/aromatic N) is 3. The predicted octanol–water partition coefficient (Wildman–Crippen LogP) is 2.83. The van der Waals surface area contributed by atoms with E-state index in [1.165, 1.54) is 10.6 Å². The summed E-state index contributed by atoms with van der Waals surface area (Å²) in [6, 6.07) is 9.87. The fraction of sp³-hybridized carbons (Fsp3) is 0.238. The quantitative estimate of drug-likeness (QED) is 0.255. The van der Waals surface area contributed by atoms with Gasteiger partial charge in [-0.1, -0.05) is 13.8 Å². The van der Waals surface area contributed by atoms with Crippen LogP contribution in [0.4, 0.5) is 0 Å². The highest BCUT2D eigenvalue weighted by Gasteiger charge is 2.20. The molecule has 0 spiro atoms. The monoisotopic (exact) mass is 474 g/mol. The van der Waals surface area contributed by atoms with E-state index in [1.807, 2.05) is 13.8 Å². The van der Waals surface area contributed by atoms with E-state index < -0.39 is 13.5 Å². The summed E-state index contributed by atoms with van der Waals surface area (Å²) >= 11 is 0. The van der Waals surface area contributed by atoms with Crippen LogP contribution in [0.15, 0.2) is 47.4 Å². The fourth-order valence-corrected chi connectivity index (χ4v) is 4.05. The molecule has 174 valence electrons. The average molecular weight is 474 g/mol. The van der Waals surface area contributed by atoms with Crippen molar-refractivity contribution < 1.29 is 29.1 Å². The maximum absolute atomic E-state index is 12.6. The Morgan fingerprint density at radius 3 is 2.58 bits per heavy atom. The third-order valence-electron chi connectivity index (χ3n) is 5.28. The van der Waals surface area contributed by atoms with E-state index in [0.29, 0.717) is 16.8 Å². The Morgan fingerprint density at radius 2 is 1.88 bits per heavy atom. The molecule has 0 bridgehead atoms. The summed E-state index contributed by atoms with van der Waals surface area (Å²) in [5.41, 5.74) is 1.68. The van der Waals surface area contributed by atoms with Gasteiger partial charge in [0, 0.05) is 29.7 Å². The van der Waals surface area contributed by atoms with Crippen LogP contribution in [-0.2, 0) is 15.6 Å². The first-order valence-electron chi connectivity index (χ1n) is 10.1. The second-order valence-electron chi connectivity index (χ2n) is 7.85. The summed E-state index contributed by atoms with van der Waals surface area (Å²) in [6.45, 7) is 3.86. The molecule has 4 rings (SSSR count). The number of phenols is 2. The van der Waals surface area contributed by atoms with Gasteiger partial charge in [-0.2, -0.15) is 5.10 Å². The Hall–Kier alpha value is -3.37. The van der Waals surface area contributed by atoms with Crippen molar-refractivity contribution in [1.82, 2.24) is 19.3 Å². The third-order valence-corrected chi connectivity index (χ3v) is 5.80. The Balaban J connectivity index is 1.74. The number of benzene rings is 2. The molecule has 0 aliphatic carbocycles. The van der Waals surface area contributed by atoms with Crippen LogP contribution in [0.1, 0.15) is 25.3 Å². The van der Waals surface area contributed by atoms with Crippen molar-refractivity contribution in [2.75, 3.05) is 6.61 Å². The molecule has 0 aliphatic rings. The lowest BCUT2D eigenvalue weighted by molar-refractivity contribution is 0.191. The number of phenolic OH excluding ortho intramolecular Hbond substituents is 2. The molecule has 0 amide bonds. The minimum absolute atomic E-state index is 0.0193. The molecule has 0 unspecified atom stereocenters. The molecular formula is C21H23N4O7P. The highest BCUT2D eigenvalue weighted by Crippen LogP contribution is 2.38. The van der Waals surface area contributed by atoms with E-state index in [-0.39, 0.29) is 36.4 Å². The summed E-state index contributed by atoms with van der Waals surface area (Å²) < 4.78 is 18.5. The Bertz CT molecular complexity index is 1430. The van der Waals surface area contributed by atoms with Gasteiger partial charge in [0.2, 0.25) is 0 Å². The first kappa shape index (κ1) is 22.8. The third kappa shape index (κ3) is 4.57. The van der Waals surface area contributed by atoms with E-state index in [0.717, 1.165) is 10.9 Å². The van der Waals surface area contributed by atoms with Crippen LogP contribution in [0.25, 0.3) is 28.0 Å². The standard InChI is InChI=1S/C21H23N4O7P/c1-12(2)15-10-16(19(27)11-18(15)26)20-22-23-21(28)25(20)14-3-4-17-13(9-14)5-6-24(17)7-8-32-33(29,30)31/h3-6,9-12,26-27H,7-8H2,1-2H3,(H,23,28)(H2,29,30,31). The predicted molar refractivity (Wildman–Crippen MR) is 121 cm³/mol. The number of fused-ring (bicyclic) bond motifs is 1. The second-order valence-corrected chi connectivity index (χ2v) is 9.09. The molecule has 0 fully saturated rings. The topological polar surface area (TPSA) is 163 Å². The normalized spacial score (nSPS) is 12.2. The van der Waals surface area contributed by atoms with E-state index >= 15 is 0 Å². The number of rotatable bonds is 7. The van der Waals surface area contributed by atoms with Crippen molar-refractivity contribution in [3.63, 3.8) is 0 Å². The number of phosphoric acid groups is 1. The Kier molecular flexibility index (Phi) is 5.89. The van der Waals surface area contributed by atoms with Gasteiger partial charge < -0.3 is 24.6 Å². The van der Waals surface area contributed by atoms with E-state index in [4.69, 9.17) is 9.79 Å². The number of nitrogens with one attached hydrogen (secondary N) is 1. The maximum Gasteiger partial charge on any atom is 0.469 e. The zero-order valence-electron chi connectivity index (χ0n) is 17.8. The molecule has 0 atom stereocenters. The molecule has 0 saturated heterocycles. The lowest BCUT2D eigenvalue weighted by Crippen LogP contribution is -2.15. The fourth-order valence-electron chi connectivity index (χ4n) is 3.73. The zero-order valence-corrected chi connectivity index (χ0v) is 18.7. The molecule has 11 nitrogen and oxygen atoms in total. The number of H-pyrrole nitrogens is 1. The minimum Gasteiger partial charge on any atom is -0.508 e. The molecule has 0 radical (unpaired) electrons. The van der Waals surface area contributed by atoms with E-state index in [2.05, 4.69) is 14.7 Å². The van der Waals surface area contributed by atoms with Gasteiger partial charge in [0.15, 0.2) is 5.82 Å². The van der Waals surface area contributed by atoms with Gasteiger partial charge in [-0.3, -0.25) is 4.52 Å².